The van der Waals surface area contributed by atoms with Crippen molar-refractivity contribution in [3.05, 3.63) is 77.0 Å². The highest BCUT2D eigenvalue weighted by atomic mass is 35.5. The molecule has 0 saturated carbocycles. The number of hydrogen-bond donors (Lipinski definition) is 0. The van der Waals surface area contributed by atoms with E-state index in [9.17, 15) is 13.2 Å². The second-order valence-corrected chi connectivity index (χ2v) is 5.75. The zero-order chi connectivity index (χ0) is 16.4. The van der Waals surface area contributed by atoms with Gasteiger partial charge in [0.25, 0.3) is 0 Å². The van der Waals surface area contributed by atoms with E-state index in [2.05, 4.69) is 4.98 Å². The van der Waals surface area contributed by atoms with Crippen molar-refractivity contribution in [1.29, 1.82) is 0 Å². The van der Waals surface area contributed by atoms with E-state index in [-0.39, 0.29) is 12.3 Å². The van der Waals surface area contributed by atoms with Crippen molar-refractivity contribution in [3.63, 3.8) is 0 Å². The van der Waals surface area contributed by atoms with Gasteiger partial charge in [-0.1, -0.05) is 54.1 Å². The largest absolute Gasteiger partial charge is 0.412 e. The van der Waals surface area contributed by atoms with Crippen LogP contribution in [0.2, 0.25) is 5.02 Å². The van der Waals surface area contributed by atoms with Crippen molar-refractivity contribution in [3.8, 4) is 11.3 Å². The summed E-state index contributed by atoms with van der Waals surface area (Å²) in [7, 11) is 0. The Balaban J connectivity index is 1.83. The molecule has 1 atom stereocenters. The number of pyridine rings is 1. The molecule has 1 heterocycles. The van der Waals surface area contributed by atoms with E-state index in [1.807, 2.05) is 24.3 Å². The second-order valence-electron chi connectivity index (χ2n) is 5.34. The third kappa shape index (κ3) is 3.48. The van der Waals surface area contributed by atoms with Crippen molar-refractivity contribution < 1.29 is 13.2 Å². The number of rotatable bonds is 2. The molecular formula is C18H13ClF3N. The van der Waals surface area contributed by atoms with Gasteiger partial charge in [0.05, 0.1) is 10.7 Å². The first-order valence-corrected chi connectivity index (χ1v) is 7.48. The van der Waals surface area contributed by atoms with Gasteiger partial charge in [-0.15, -0.1) is 0 Å². The smallest absolute Gasteiger partial charge is 0.255 e. The Kier molecular flexibility index (Phi) is 4.26. The summed E-state index contributed by atoms with van der Waals surface area (Å²) in [5.74, 6) is -0.273. The lowest BCUT2D eigenvalue weighted by molar-refractivity contribution is -0.0944. The van der Waals surface area contributed by atoms with Gasteiger partial charge in [-0.05, 0) is 24.1 Å². The van der Waals surface area contributed by atoms with Crippen molar-refractivity contribution in [1.82, 2.24) is 4.98 Å². The Bertz CT molecular complexity index is 761. The number of nitrogens with zero attached hydrogens (tertiary/aromatic N) is 1. The third-order valence-corrected chi connectivity index (χ3v) is 4.12. The van der Waals surface area contributed by atoms with E-state index in [4.69, 9.17) is 11.6 Å². The lowest BCUT2D eigenvalue weighted by Crippen LogP contribution is -2.16. The molecule has 0 N–H and O–H groups in total. The van der Waals surface area contributed by atoms with Gasteiger partial charge in [0.1, 0.15) is 0 Å². The maximum atomic E-state index is 12.8. The van der Waals surface area contributed by atoms with Crippen LogP contribution in [-0.4, -0.2) is 11.2 Å². The van der Waals surface area contributed by atoms with Gasteiger partial charge >= 0.3 is 6.18 Å². The Morgan fingerprint density at radius 2 is 1.83 bits per heavy atom. The van der Waals surface area contributed by atoms with Crippen molar-refractivity contribution >= 4 is 11.6 Å². The van der Waals surface area contributed by atoms with Crippen molar-refractivity contribution in [2.45, 2.75) is 18.5 Å². The molecule has 5 heteroatoms. The molecule has 118 valence electrons. The fourth-order valence-corrected chi connectivity index (χ4v) is 2.83. The molecule has 23 heavy (non-hydrogen) atoms. The molecule has 0 amide bonds. The van der Waals surface area contributed by atoms with Gasteiger partial charge in [-0.25, -0.2) is 0 Å². The highest BCUT2D eigenvalue weighted by Gasteiger charge is 2.35. The average molecular weight is 336 g/mol. The molecule has 0 radical (unpaired) electrons. The lowest BCUT2D eigenvalue weighted by atomic mass is 9.87. The predicted molar refractivity (Wildman–Crippen MR) is 85.3 cm³/mol. The Morgan fingerprint density at radius 1 is 1.09 bits per heavy atom. The molecule has 0 bridgehead atoms. The molecule has 0 aliphatic heterocycles. The van der Waals surface area contributed by atoms with E-state index in [0.717, 1.165) is 17.2 Å². The summed E-state index contributed by atoms with van der Waals surface area (Å²) in [5.41, 5.74) is 1.84. The van der Waals surface area contributed by atoms with E-state index in [1.54, 1.807) is 24.4 Å². The summed E-state index contributed by atoms with van der Waals surface area (Å²) >= 11 is 6.11. The molecule has 0 fully saturated rings. The summed E-state index contributed by atoms with van der Waals surface area (Å²) in [6.45, 7) is 0. The SMILES string of the molecule is FC(F)(F)C1=CC=CC(c2ccc(-c3ncccc3Cl)cc2)C1. The van der Waals surface area contributed by atoms with Crippen molar-refractivity contribution in [2.24, 2.45) is 0 Å². The Morgan fingerprint density at radius 3 is 2.48 bits per heavy atom. The van der Waals surface area contributed by atoms with Crippen LogP contribution < -0.4 is 0 Å². The van der Waals surface area contributed by atoms with Crippen LogP contribution in [0.1, 0.15) is 17.9 Å². The number of hydrogen-bond acceptors (Lipinski definition) is 1. The van der Waals surface area contributed by atoms with Crippen LogP contribution in [0.5, 0.6) is 0 Å². The Hall–Kier alpha value is -2.07. The maximum Gasteiger partial charge on any atom is 0.412 e. The van der Waals surface area contributed by atoms with E-state index < -0.39 is 11.7 Å². The molecule has 1 aliphatic carbocycles. The summed E-state index contributed by atoms with van der Waals surface area (Å²) in [4.78, 5) is 4.23. The minimum atomic E-state index is -4.27. The zero-order valence-corrected chi connectivity index (χ0v) is 12.8. The quantitative estimate of drug-likeness (QED) is 0.662. The third-order valence-electron chi connectivity index (χ3n) is 3.82. The number of aromatic nitrogens is 1. The van der Waals surface area contributed by atoms with Crippen LogP contribution >= 0.6 is 11.6 Å². The van der Waals surface area contributed by atoms with Crippen LogP contribution in [0.15, 0.2) is 66.4 Å². The van der Waals surface area contributed by atoms with Crippen molar-refractivity contribution in [2.75, 3.05) is 0 Å². The molecule has 1 unspecified atom stereocenters. The molecule has 1 aromatic heterocycles. The number of allylic oxidation sites excluding steroid dienone is 4. The fraction of sp³-hybridized carbons (Fsp3) is 0.167. The van der Waals surface area contributed by atoms with Crippen LogP contribution in [0.4, 0.5) is 13.2 Å². The van der Waals surface area contributed by atoms with Gasteiger partial charge in [0.15, 0.2) is 0 Å². The van der Waals surface area contributed by atoms with E-state index in [0.29, 0.717) is 10.7 Å². The van der Waals surface area contributed by atoms with Gasteiger partial charge in [-0.3, -0.25) is 4.98 Å². The summed E-state index contributed by atoms with van der Waals surface area (Å²) in [5, 5.41) is 0.542. The molecule has 2 aromatic rings. The fourth-order valence-electron chi connectivity index (χ4n) is 2.60. The summed E-state index contributed by atoms with van der Waals surface area (Å²) in [6, 6.07) is 10.8. The molecule has 1 aromatic carbocycles. The summed E-state index contributed by atoms with van der Waals surface area (Å²) < 4.78 is 38.5. The lowest BCUT2D eigenvalue weighted by Gasteiger charge is -2.21. The first-order chi connectivity index (χ1) is 10.9. The highest BCUT2D eigenvalue weighted by molar-refractivity contribution is 6.33. The van der Waals surface area contributed by atoms with E-state index in [1.165, 1.54) is 6.08 Å². The monoisotopic (exact) mass is 335 g/mol. The highest BCUT2D eigenvalue weighted by Crippen LogP contribution is 2.37. The minimum absolute atomic E-state index is 0.0380. The van der Waals surface area contributed by atoms with Gasteiger partial charge in [-0.2, -0.15) is 13.2 Å². The molecule has 1 aliphatic rings. The first-order valence-electron chi connectivity index (χ1n) is 7.10. The molecule has 0 saturated heterocycles. The normalized spacial score (nSPS) is 17.9. The number of halogens is 4. The second kappa shape index (κ2) is 6.20. The molecular weight excluding hydrogens is 323 g/mol. The van der Waals surface area contributed by atoms with Crippen LogP contribution in [0.3, 0.4) is 0 Å². The molecule has 3 rings (SSSR count). The van der Waals surface area contributed by atoms with Gasteiger partial charge in [0.2, 0.25) is 0 Å². The minimum Gasteiger partial charge on any atom is -0.255 e. The first kappa shape index (κ1) is 15.8. The maximum absolute atomic E-state index is 12.8. The topological polar surface area (TPSA) is 12.9 Å². The number of benzene rings is 1. The predicted octanol–water partition coefficient (Wildman–Crippen LogP) is 5.93. The van der Waals surface area contributed by atoms with E-state index >= 15 is 0 Å². The average Bonchev–Trinajstić information content (AvgIpc) is 2.55. The van der Waals surface area contributed by atoms with Crippen LogP contribution in [0.25, 0.3) is 11.3 Å². The van der Waals surface area contributed by atoms with Gasteiger partial charge < -0.3 is 0 Å². The van der Waals surface area contributed by atoms with Gasteiger partial charge in [0, 0.05) is 23.3 Å². The summed E-state index contributed by atoms with van der Waals surface area (Å²) in [6.07, 6.45) is 1.74. The number of alkyl halides is 3. The molecule has 0 spiro atoms. The standard InChI is InChI=1S/C18H13ClF3N/c19-16-5-2-10-23-17(16)13-8-6-12(7-9-13)14-3-1-4-15(11-14)18(20,21)22/h1-10,14H,11H2. The molecule has 1 nitrogen and oxygen atoms in total. The van der Waals surface area contributed by atoms with Crippen LogP contribution in [0, 0.1) is 0 Å². The zero-order valence-electron chi connectivity index (χ0n) is 12.0. The Labute approximate surface area is 137 Å². The van der Waals surface area contributed by atoms with Crippen LogP contribution in [-0.2, 0) is 0 Å².